The molecular formula is C20H24N4O5S. The zero-order valence-corrected chi connectivity index (χ0v) is 18.3. The number of carbonyl (C=O) groups excluding carboxylic acids is 1. The number of hydrogen-bond acceptors (Lipinski definition) is 10. The van der Waals surface area contributed by atoms with Crippen molar-refractivity contribution in [2.24, 2.45) is 10.9 Å². The maximum absolute atomic E-state index is 12.5. The van der Waals surface area contributed by atoms with Gasteiger partial charge in [0.2, 0.25) is 5.75 Å². The van der Waals surface area contributed by atoms with E-state index in [9.17, 15) is 10.1 Å². The number of nitrogens with one attached hydrogen (secondary N) is 1. The zero-order chi connectivity index (χ0) is 21.8. The fourth-order valence-electron chi connectivity index (χ4n) is 3.50. The molecule has 10 heteroatoms. The molecule has 1 fully saturated rings. The Morgan fingerprint density at radius 3 is 2.57 bits per heavy atom. The molecule has 1 N–H and O–H groups in total. The van der Waals surface area contributed by atoms with Gasteiger partial charge in [-0.15, -0.1) is 11.8 Å². The first-order chi connectivity index (χ1) is 14.5. The highest BCUT2D eigenvalue weighted by Crippen LogP contribution is 2.45. The first kappa shape index (κ1) is 21.8. The van der Waals surface area contributed by atoms with Gasteiger partial charge in [-0.25, -0.2) is 15.2 Å². The van der Waals surface area contributed by atoms with Crippen molar-refractivity contribution in [3.05, 3.63) is 23.8 Å². The summed E-state index contributed by atoms with van der Waals surface area (Å²) in [4.78, 5) is 17.0. The molecule has 0 amide bonds. The SMILES string of the molecule is CCOC(=O)C1=NC2C(C#N)C(SC)NN2C(c2ccc(OC)c(OC)c2OC)=C1. The molecule has 1 aromatic carbocycles. The van der Waals surface area contributed by atoms with Crippen molar-refractivity contribution in [3.8, 4) is 23.3 Å². The Labute approximate surface area is 179 Å². The molecule has 3 unspecified atom stereocenters. The summed E-state index contributed by atoms with van der Waals surface area (Å²) in [6.07, 6.45) is 2.95. The third kappa shape index (κ3) is 3.66. The summed E-state index contributed by atoms with van der Waals surface area (Å²) in [5.41, 5.74) is 4.74. The number of fused-ring (bicyclic) bond motifs is 1. The summed E-state index contributed by atoms with van der Waals surface area (Å²) in [5.74, 6) is 0.358. The quantitative estimate of drug-likeness (QED) is 0.648. The van der Waals surface area contributed by atoms with E-state index in [0.717, 1.165) is 0 Å². The second kappa shape index (κ2) is 9.28. The monoisotopic (exact) mass is 432 g/mol. The number of esters is 1. The average molecular weight is 433 g/mol. The lowest BCUT2D eigenvalue weighted by Crippen LogP contribution is -2.40. The van der Waals surface area contributed by atoms with Crippen LogP contribution >= 0.6 is 11.8 Å². The molecule has 0 bridgehead atoms. The highest BCUT2D eigenvalue weighted by molar-refractivity contribution is 7.99. The molecular weight excluding hydrogens is 408 g/mol. The summed E-state index contributed by atoms with van der Waals surface area (Å²) < 4.78 is 21.7. The summed E-state index contributed by atoms with van der Waals surface area (Å²) in [6.45, 7) is 1.96. The van der Waals surface area contributed by atoms with Crippen LogP contribution in [0, 0.1) is 17.2 Å². The van der Waals surface area contributed by atoms with Crippen molar-refractivity contribution in [3.63, 3.8) is 0 Å². The van der Waals surface area contributed by atoms with E-state index in [-0.39, 0.29) is 17.7 Å². The van der Waals surface area contributed by atoms with E-state index in [0.29, 0.717) is 28.5 Å². The number of hydrogen-bond donors (Lipinski definition) is 1. The Hall–Kier alpha value is -2.90. The minimum absolute atomic E-state index is 0.147. The minimum atomic E-state index is -0.593. The number of ether oxygens (including phenoxy) is 4. The predicted molar refractivity (Wildman–Crippen MR) is 113 cm³/mol. The van der Waals surface area contributed by atoms with Gasteiger partial charge in [0.05, 0.1) is 45.1 Å². The maximum Gasteiger partial charge on any atom is 0.356 e. The number of nitrogens with zero attached hydrogens (tertiary/aromatic N) is 3. The summed E-state index contributed by atoms with van der Waals surface area (Å²) >= 11 is 1.51. The largest absolute Gasteiger partial charge is 0.493 e. The van der Waals surface area contributed by atoms with Crippen molar-refractivity contribution in [2.75, 3.05) is 34.2 Å². The van der Waals surface area contributed by atoms with E-state index in [2.05, 4.69) is 16.5 Å². The van der Waals surface area contributed by atoms with Crippen LogP contribution in [0.4, 0.5) is 0 Å². The number of hydrazine groups is 1. The number of aliphatic imine (C=N–C) groups is 1. The van der Waals surface area contributed by atoms with Gasteiger partial charge in [0.25, 0.3) is 0 Å². The molecule has 0 saturated carbocycles. The number of rotatable bonds is 7. The van der Waals surface area contributed by atoms with E-state index in [1.165, 1.54) is 26.0 Å². The summed E-state index contributed by atoms with van der Waals surface area (Å²) in [7, 11) is 4.60. The third-order valence-corrected chi connectivity index (χ3v) is 5.76. The Balaban J connectivity index is 2.18. The minimum Gasteiger partial charge on any atom is -0.493 e. The maximum atomic E-state index is 12.5. The highest BCUT2D eigenvalue weighted by Gasteiger charge is 2.46. The first-order valence-corrected chi connectivity index (χ1v) is 10.6. The van der Waals surface area contributed by atoms with E-state index in [1.54, 1.807) is 31.2 Å². The molecule has 0 spiro atoms. The topological polar surface area (TPSA) is 105 Å². The van der Waals surface area contributed by atoms with Gasteiger partial charge in [-0.05, 0) is 31.4 Å². The van der Waals surface area contributed by atoms with E-state index in [1.807, 2.05) is 12.3 Å². The van der Waals surface area contributed by atoms with Gasteiger partial charge in [-0.1, -0.05) is 0 Å². The van der Waals surface area contributed by atoms with Crippen molar-refractivity contribution in [2.45, 2.75) is 18.5 Å². The molecule has 2 aliphatic heterocycles. The van der Waals surface area contributed by atoms with Gasteiger partial charge in [-0.2, -0.15) is 5.26 Å². The van der Waals surface area contributed by atoms with Crippen molar-refractivity contribution < 1.29 is 23.7 Å². The standard InChI is InChI=1S/C20H24N4O5S/c1-6-29-20(25)13-9-14(24-18(22-13)12(10-21)19(23-24)30-5)11-7-8-15(26-2)17(28-4)16(11)27-3/h7-9,12,18-19,23H,6H2,1-5H3. The number of carbonyl (C=O) groups is 1. The molecule has 3 rings (SSSR count). The third-order valence-electron chi connectivity index (χ3n) is 4.85. The smallest absolute Gasteiger partial charge is 0.356 e. The van der Waals surface area contributed by atoms with Crippen LogP contribution in [0.15, 0.2) is 23.2 Å². The fraction of sp³-hybridized carbons (Fsp3) is 0.450. The van der Waals surface area contributed by atoms with Gasteiger partial charge < -0.3 is 18.9 Å². The second-order valence-corrected chi connectivity index (χ2v) is 7.35. The molecule has 1 saturated heterocycles. The molecule has 160 valence electrons. The van der Waals surface area contributed by atoms with Crippen LogP contribution in [0.5, 0.6) is 17.2 Å². The van der Waals surface area contributed by atoms with Crippen LogP contribution < -0.4 is 19.6 Å². The lowest BCUT2D eigenvalue weighted by molar-refractivity contribution is -0.135. The van der Waals surface area contributed by atoms with Crippen LogP contribution in [0.3, 0.4) is 0 Å². The number of methoxy groups -OCH3 is 3. The molecule has 0 radical (unpaired) electrons. The lowest BCUT2D eigenvalue weighted by atomic mass is 10.0. The van der Waals surface area contributed by atoms with Crippen LogP contribution in [0.25, 0.3) is 5.70 Å². The van der Waals surface area contributed by atoms with Gasteiger partial charge in [0.1, 0.15) is 11.6 Å². The molecule has 9 nitrogen and oxygen atoms in total. The predicted octanol–water partition coefficient (Wildman–Crippen LogP) is 2.05. The Morgan fingerprint density at radius 2 is 2.00 bits per heavy atom. The van der Waals surface area contributed by atoms with Gasteiger partial charge in [-0.3, -0.25) is 5.01 Å². The molecule has 0 aromatic heterocycles. The molecule has 0 aliphatic carbocycles. The molecule has 30 heavy (non-hydrogen) atoms. The van der Waals surface area contributed by atoms with E-state index < -0.39 is 18.1 Å². The highest BCUT2D eigenvalue weighted by atomic mass is 32.2. The van der Waals surface area contributed by atoms with Crippen LogP contribution in [-0.4, -0.2) is 62.4 Å². The summed E-state index contributed by atoms with van der Waals surface area (Å²) in [5, 5.41) is 11.3. The lowest BCUT2D eigenvalue weighted by Gasteiger charge is -2.31. The number of benzene rings is 1. The normalized spacial score (nSPS) is 22.4. The molecule has 1 aromatic rings. The molecule has 3 atom stereocenters. The van der Waals surface area contributed by atoms with Crippen molar-refractivity contribution in [1.29, 1.82) is 5.26 Å². The molecule has 2 heterocycles. The van der Waals surface area contributed by atoms with Crippen LogP contribution in [0.2, 0.25) is 0 Å². The fourth-order valence-corrected chi connectivity index (χ4v) is 4.21. The van der Waals surface area contributed by atoms with Crippen molar-refractivity contribution >= 4 is 29.1 Å². The Morgan fingerprint density at radius 1 is 1.27 bits per heavy atom. The average Bonchev–Trinajstić information content (AvgIpc) is 3.14. The van der Waals surface area contributed by atoms with Crippen LogP contribution in [-0.2, 0) is 9.53 Å². The summed E-state index contributed by atoms with van der Waals surface area (Å²) in [6, 6.07) is 5.88. The van der Waals surface area contributed by atoms with Gasteiger partial charge in [0, 0.05) is 5.56 Å². The molecule has 2 aliphatic rings. The van der Waals surface area contributed by atoms with E-state index in [4.69, 9.17) is 18.9 Å². The van der Waals surface area contributed by atoms with Gasteiger partial charge in [0.15, 0.2) is 17.7 Å². The Bertz CT molecular complexity index is 927. The number of thioether (sulfide) groups is 1. The second-order valence-electron chi connectivity index (χ2n) is 6.37. The number of nitriles is 1. The van der Waals surface area contributed by atoms with Gasteiger partial charge >= 0.3 is 5.97 Å². The van der Waals surface area contributed by atoms with Crippen LogP contribution in [0.1, 0.15) is 12.5 Å². The van der Waals surface area contributed by atoms with Crippen molar-refractivity contribution in [1.82, 2.24) is 10.4 Å². The first-order valence-electron chi connectivity index (χ1n) is 9.28. The Kier molecular flexibility index (Phi) is 6.74. The van der Waals surface area contributed by atoms with E-state index >= 15 is 0 Å². The zero-order valence-electron chi connectivity index (χ0n) is 17.5.